The zero-order chi connectivity index (χ0) is 12.8. The van der Waals surface area contributed by atoms with Crippen molar-refractivity contribution >= 4 is 17.4 Å². The Morgan fingerprint density at radius 1 is 1.29 bits per heavy atom. The second kappa shape index (κ2) is 6.35. The van der Waals surface area contributed by atoms with Crippen molar-refractivity contribution in [3.8, 4) is 17.2 Å². The van der Waals surface area contributed by atoms with Crippen molar-refractivity contribution in [1.29, 1.82) is 0 Å². The summed E-state index contributed by atoms with van der Waals surface area (Å²) in [4.78, 5) is 11.4. The number of methoxy groups -OCH3 is 2. The SMILES string of the molecule is COc1cccc(OC)c1OC(C)C(=O)CCl. The first-order valence-electron chi connectivity index (χ1n) is 5.10. The normalized spacial score (nSPS) is 11.8. The van der Waals surface area contributed by atoms with Crippen LogP contribution >= 0.6 is 11.6 Å². The van der Waals surface area contributed by atoms with E-state index in [-0.39, 0.29) is 11.7 Å². The third-order valence-corrected chi connectivity index (χ3v) is 2.53. The Morgan fingerprint density at radius 3 is 2.24 bits per heavy atom. The fraction of sp³-hybridized carbons (Fsp3) is 0.417. The molecule has 0 aromatic heterocycles. The lowest BCUT2D eigenvalue weighted by atomic mass is 10.2. The molecule has 1 unspecified atom stereocenters. The Bertz CT molecular complexity index is 370. The van der Waals surface area contributed by atoms with Gasteiger partial charge in [-0.05, 0) is 19.1 Å². The zero-order valence-electron chi connectivity index (χ0n) is 10.0. The van der Waals surface area contributed by atoms with Crippen molar-refractivity contribution in [3.63, 3.8) is 0 Å². The minimum absolute atomic E-state index is 0.0847. The molecule has 1 rings (SSSR count). The molecular formula is C12H15ClO4. The number of ketones is 1. The number of rotatable bonds is 6. The van der Waals surface area contributed by atoms with Crippen LogP contribution in [0.15, 0.2) is 18.2 Å². The smallest absolute Gasteiger partial charge is 0.204 e. The standard InChI is InChI=1S/C12H15ClO4/c1-8(9(14)7-13)17-12-10(15-2)5-4-6-11(12)16-3/h4-6,8H,7H2,1-3H3. The highest BCUT2D eigenvalue weighted by Gasteiger charge is 2.18. The molecule has 4 nitrogen and oxygen atoms in total. The molecule has 0 saturated heterocycles. The first-order valence-corrected chi connectivity index (χ1v) is 5.63. The summed E-state index contributed by atoms with van der Waals surface area (Å²) in [5, 5.41) is 0. The van der Waals surface area contributed by atoms with Gasteiger partial charge in [0.05, 0.1) is 20.1 Å². The Hall–Kier alpha value is -1.42. The molecule has 1 aromatic carbocycles. The second-order valence-corrected chi connectivity index (χ2v) is 3.62. The third-order valence-electron chi connectivity index (χ3n) is 2.26. The highest BCUT2D eigenvalue weighted by molar-refractivity contribution is 6.28. The molecule has 0 heterocycles. The summed E-state index contributed by atoms with van der Waals surface area (Å²) in [6.07, 6.45) is -0.641. The maximum Gasteiger partial charge on any atom is 0.204 e. The van der Waals surface area contributed by atoms with Gasteiger partial charge in [-0.15, -0.1) is 11.6 Å². The van der Waals surface area contributed by atoms with Crippen LogP contribution < -0.4 is 14.2 Å². The highest BCUT2D eigenvalue weighted by atomic mass is 35.5. The summed E-state index contributed by atoms with van der Waals surface area (Å²) in [7, 11) is 3.05. The maximum atomic E-state index is 11.4. The predicted molar refractivity (Wildman–Crippen MR) is 65.4 cm³/mol. The fourth-order valence-electron chi connectivity index (χ4n) is 1.28. The van der Waals surface area contributed by atoms with Gasteiger partial charge in [-0.3, -0.25) is 4.79 Å². The van der Waals surface area contributed by atoms with Crippen LogP contribution in [0.25, 0.3) is 0 Å². The molecule has 1 aromatic rings. The van der Waals surface area contributed by atoms with Crippen molar-refractivity contribution < 1.29 is 19.0 Å². The van der Waals surface area contributed by atoms with Crippen LogP contribution in [0.1, 0.15) is 6.92 Å². The fourth-order valence-corrected chi connectivity index (χ4v) is 1.50. The van der Waals surface area contributed by atoms with Gasteiger partial charge in [0, 0.05) is 0 Å². The average molecular weight is 259 g/mol. The van der Waals surface area contributed by atoms with E-state index in [1.54, 1.807) is 25.1 Å². The van der Waals surface area contributed by atoms with E-state index in [1.807, 2.05) is 0 Å². The summed E-state index contributed by atoms with van der Waals surface area (Å²) < 4.78 is 15.8. The number of carbonyl (C=O) groups is 1. The van der Waals surface area contributed by atoms with E-state index in [1.165, 1.54) is 14.2 Å². The van der Waals surface area contributed by atoms with Crippen LogP contribution in [-0.4, -0.2) is 32.0 Å². The molecule has 0 bridgehead atoms. The molecule has 0 aliphatic carbocycles. The van der Waals surface area contributed by atoms with Crippen LogP contribution in [0.5, 0.6) is 17.2 Å². The summed E-state index contributed by atoms with van der Waals surface area (Å²) in [5.41, 5.74) is 0. The number of ether oxygens (including phenoxy) is 3. The second-order valence-electron chi connectivity index (χ2n) is 3.35. The van der Waals surface area contributed by atoms with Crippen LogP contribution in [0, 0.1) is 0 Å². The quantitative estimate of drug-likeness (QED) is 0.735. The van der Waals surface area contributed by atoms with Gasteiger partial charge in [0.2, 0.25) is 5.75 Å². The van der Waals surface area contributed by atoms with E-state index in [2.05, 4.69) is 0 Å². The zero-order valence-corrected chi connectivity index (χ0v) is 10.8. The molecule has 0 fully saturated rings. The maximum absolute atomic E-state index is 11.4. The number of benzene rings is 1. The van der Waals surface area contributed by atoms with Crippen molar-refractivity contribution in [3.05, 3.63) is 18.2 Å². The van der Waals surface area contributed by atoms with Gasteiger partial charge in [0.25, 0.3) is 0 Å². The molecule has 0 saturated carbocycles. The van der Waals surface area contributed by atoms with Crippen LogP contribution in [-0.2, 0) is 4.79 Å². The lowest BCUT2D eigenvalue weighted by molar-refractivity contribution is -0.122. The summed E-state index contributed by atoms with van der Waals surface area (Å²) >= 11 is 5.47. The molecule has 0 radical (unpaired) electrons. The molecule has 0 N–H and O–H groups in total. The largest absolute Gasteiger partial charge is 0.493 e. The van der Waals surface area contributed by atoms with Gasteiger partial charge < -0.3 is 14.2 Å². The molecule has 94 valence electrons. The minimum atomic E-state index is -0.641. The van der Waals surface area contributed by atoms with Crippen LogP contribution in [0.4, 0.5) is 0 Å². The number of carbonyl (C=O) groups excluding carboxylic acids is 1. The molecule has 1 atom stereocenters. The Labute approximate surface area is 105 Å². The summed E-state index contributed by atoms with van der Waals surface area (Å²) in [6, 6.07) is 5.24. The van der Waals surface area contributed by atoms with E-state index in [4.69, 9.17) is 25.8 Å². The molecule has 0 amide bonds. The van der Waals surface area contributed by atoms with Crippen molar-refractivity contribution in [2.24, 2.45) is 0 Å². The number of hydrogen-bond donors (Lipinski definition) is 0. The Kier molecular flexibility index (Phi) is 5.10. The van der Waals surface area contributed by atoms with E-state index in [0.717, 1.165) is 0 Å². The highest BCUT2D eigenvalue weighted by Crippen LogP contribution is 2.37. The lowest BCUT2D eigenvalue weighted by Gasteiger charge is -2.17. The van der Waals surface area contributed by atoms with Gasteiger partial charge in [-0.1, -0.05) is 6.07 Å². The first kappa shape index (κ1) is 13.6. The topological polar surface area (TPSA) is 44.8 Å². The van der Waals surface area contributed by atoms with E-state index in [9.17, 15) is 4.79 Å². The van der Waals surface area contributed by atoms with Gasteiger partial charge in [0.1, 0.15) is 0 Å². The van der Waals surface area contributed by atoms with Gasteiger partial charge >= 0.3 is 0 Å². The summed E-state index contributed by atoms with van der Waals surface area (Å²) in [6.45, 7) is 1.64. The average Bonchev–Trinajstić information content (AvgIpc) is 2.37. The van der Waals surface area contributed by atoms with Crippen LogP contribution in [0.3, 0.4) is 0 Å². The molecule has 17 heavy (non-hydrogen) atoms. The molecular weight excluding hydrogens is 244 g/mol. The van der Waals surface area contributed by atoms with Gasteiger partial charge in [0.15, 0.2) is 23.4 Å². The molecule has 5 heteroatoms. The van der Waals surface area contributed by atoms with E-state index < -0.39 is 6.10 Å². The monoisotopic (exact) mass is 258 g/mol. The van der Waals surface area contributed by atoms with Crippen molar-refractivity contribution in [2.45, 2.75) is 13.0 Å². The Morgan fingerprint density at radius 2 is 1.82 bits per heavy atom. The lowest BCUT2D eigenvalue weighted by Crippen LogP contribution is -2.25. The number of Topliss-reactive ketones (excluding diaryl/α,β-unsaturated/α-hetero) is 1. The predicted octanol–water partition coefficient (Wildman–Crippen LogP) is 2.28. The minimum Gasteiger partial charge on any atom is -0.493 e. The van der Waals surface area contributed by atoms with Gasteiger partial charge in [-0.25, -0.2) is 0 Å². The number of alkyl halides is 1. The van der Waals surface area contributed by atoms with Gasteiger partial charge in [-0.2, -0.15) is 0 Å². The Balaban J connectivity index is 2.99. The number of para-hydroxylation sites is 1. The molecule has 0 aliphatic heterocycles. The summed E-state index contributed by atoms with van der Waals surface area (Å²) in [5.74, 6) is 1.15. The first-order chi connectivity index (χ1) is 8.13. The number of halogens is 1. The van der Waals surface area contributed by atoms with Crippen molar-refractivity contribution in [1.82, 2.24) is 0 Å². The van der Waals surface area contributed by atoms with Crippen molar-refractivity contribution in [2.75, 3.05) is 20.1 Å². The molecule has 0 aliphatic rings. The third kappa shape index (κ3) is 3.27. The van der Waals surface area contributed by atoms with E-state index in [0.29, 0.717) is 17.2 Å². The number of hydrogen-bond acceptors (Lipinski definition) is 4. The molecule has 0 spiro atoms. The van der Waals surface area contributed by atoms with E-state index >= 15 is 0 Å². The van der Waals surface area contributed by atoms with Crippen LogP contribution in [0.2, 0.25) is 0 Å².